The number of aromatic nitrogens is 1. The van der Waals surface area contributed by atoms with Crippen LogP contribution in [0.2, 0.25) is 5.02 Å². The summed E-state index contributed by atoms with van der Waals surface area (Å²) in [5.41, 5.74) is 0.763. The monoisotopic (exact) mass is 444 g/mol. The van der Waals surface area contributed by atoms with Crippen LogP contribution in [0, 0.1) is 0 Å². The van der Waals surface area contributed by atoms with Crippen LogP contribution >= 0.6 is 11.6 Å². The van der Waals surface area contributed by atoms with Crippen LogP contribution in [0.4, 0.5) is 0 Å². The molecule has 0 aliphatic carbocycles. The molecule has 2 aromatic rings. The minimum absolute atomic E-state index is 0.0181. The van der Waals surface area contributed by atoms with Crippen LogP contribution in [0.1, 0.15) is 25.2 Å². The highest BCUT2D eigenvalue weighted by atomic mass is 35.5. The molecule has 1 aromatic carbocycles. The van der Waals surface area contributed by atoms with E-state index in [1.54, 1.807) is 27.0 Å². The molecule has 0 saturated carbocycles. The molecule has 2 fully saturated rings. The quantitative estimate of drug-likeness (QED) is 0.675. The number of nitrogens with zero attached hydrogens (tertiary/aromatic N) is 4. The Balaban J connectivity index is 1.25. The molecule has 0 N–H and O–H groups in total. The molecule has 8 nitrogen and oxygen atoms in total. The zero-order chi connectivity index (χ0) is 21.8. The molecule has 2 saturated heterocycles. The zero-order valence-corrected chi connectivity index (χ0v) is 18.0. The van der Waals surface area contributed by atoms with Gasteiger partial charge < -0.3 is 19.1 Å². The van der Waals surface area contributed by atoms with E-state index in [-0.39, 0.29) is 12.3 Å². The van der Waals surface area contributed by atoms with Gasteiger partial charge in [-0.25, -0.2) is 4.98 Å². The summed E-state index contributed by atoms with van der Waals surface area (Å²) in [5.74, 6) is 0.156. The second kappa shape index (κ2) is 9.51. The first-order valence-corrected chi connectivity index (χ1v) is 11.0. The van der Waals surface area contributed by atoms with Gasteiger partial charge in [0.25, 0.3) is 0 Å². The predicted octanol–water partition coefficient (Wildman–Crippen LogP) is 2.22. The highest BCUT2D eigenvalue weighted by molar-refractivity contribution is 6.35. The van der Waals surface area contributed by atoms with Crippen LogP contribution in [0.5, 0.6) is 0 Å². The van der Waals surface area contributed by atoms with Crippen molar-refractivity contribution in [3.05, 3.63) is 41.4 Å². The molecule has 3 heterocycles. The van der Waals surface area contributed by atoms with Gasteiger partial charge in [0, 0.05) is 57.7 Å². The Morgan fingerprint density at radius 3 is 2.19 bits per heavy atom. The third-order valence-electron chi connectivity index (χ3n) is 5.74. The molecule has 4 rings (SSSR count). The summed E-state index contributed by atoms with van der Waals surface area (Å²) in [6.07, 6.45) is 4.17. The number of rotatable bonds is 4. The number of hydrogen-bond acceptors (Lipinski definition) is 5. The van der Waals surface area contributed by atoms with Gasteiger partial charge in [0.1, 0.15) is 0 Å². The lowest BCUT2D eigenvalue weighted by atomic mass is 10.2. The van der Waals surface area contributed by atoms with Crippen LogP contribution < -0.4 is 0 Å². The van der Waals surface area contributed by atoms with Crippen molar-refractivity contribution in [3.8, 4) is 11.3 Å². The maximum absolute atomic E-state index is 12.6. The van der Waals surface area contributed by atoms with Crippen molar-refractivity contribution in [3.63, 3.8) is 0 Å². The van der Waals surface area contributed by atoms with Crippen molar-refractivity contribution in [1.82, 2.24) is 19.7 Å². The van der Waals surface area contributed by atoms with E-state index in [9.17, 15) is 14.4 Å². The van der Waals surface area contributed by atoms with Crippen LogP contribution in [0.15, 0.2) is 34.9 Å². The largest absolute Gasteiger partial charge is 0.441 e. The molecular weight excluding hydrogens is 420 g/mol. The highest BCUT2D eigenvalue weighted by Crippen LogP contribution is 2.28. The van der Waals surface area contributed by atoms with E-state index >= 15 is 0 Å². The lowest BCUT2D eigenvalue weighted by Crippen LogP contribution is -2.54. The highest BCUT2D eigenvalue weighted by Gasteiger charge is 2.31. The Bertz CT molecular complexity index is 962. The summed E-state index contributed by atoms with van der Waals surface area (Å²) in [6, 6.07) is 7.35. The van der Waals surface area contributed by atoms with Gasteiger partial charge in [0.05, 0.1) is 11.2 Å². The number of aryl methyl sites for hydroxylation is 1. The van der Waals surface area contributed by atoms with E-state index in [0.29, 0.717) is 62.4 Å². The van der Waals surface area contributed by atoms with Crippen LogP contribution in [-0.2, 0) is 20.8 Å². The smallest absolute Gasteiger partial charge is 0.312 e. The lowest BCUT2D eigenvalue weighted by molar-refractivity contribution is -0.153. The molecule has 0 radical (unpaired) electrons. The molecule has 0 bridgehead atoms. The second-order valence-corrected chi connectivity index (χ2v) is 8.18. The number of halogens is 1. The average Bonchev–Trinajstić information content (AvgIpc) is 3.49. The van der Waals surface area contributed by atoms with E-state index < -0.39 is 11.8 Å². The number of oxazole rings is 1. The lowest BCUT2D eigenvalue weighted by Gasteiger charge is -2.35. The van der Waals surface area contributed by atoms with E-state index in [4.69, 9.17) is 16.0 Å². The standard InChI is InChI=1S/C22H25ClN4O4/c23-17-6-2-1-5-16(17)18-15-24-19(31-18)7-8-20(28)25-11-13-27(14-12-25)22(30)21(29)26-9-3-4-10-26/h1-2,5-6,15H,3-4,7-14H2. The van der Waals surface area contributed by atoms with E-state index in [2.05, 4.69) is 4.98 Å². The SMILES string of the molecule is O=C(CCc1ncc(-c2ccccc2Cl)o1)N1CCN(C(=O)C(=O)N2CCCC2)CC1. The Kier molecular flexibility index (Phi) is 6.56. The van der Waals surface area contributed by atoms with Crippen molar-refractivity contribution in [2.75, 3.05) is 39.3 Å². The number of amides is 3. The molecule has 0 unspecified atom stereocenters. The van der Waals surface area contributed by atoms with Gasteiger partial charge in [-0.05, 0) is 25.0 Å². The predicted molar refractivity (Wildman–Crippen MR) is 114 cm³/mol. The number of likely N-dealkylation sites (tertiary alicyclic amines) is 1. The Hall–Kier alpha value is -2.87. The van der Waals surface area contributed by atoms with Crippen molar-refractivity contribution in [1.29, 1.82) is 0 Å². The molecule has 0 atom stereocenters. The van der Waals surface area contributed by atoms with Gasteiger partial charge >= 0.3 is 11.8 Å². The first-order valence-electron chi connectivity index (χ1n) is 10.6. The van der Waals surface area contributed by atoms with Crippen LogP contribution in [-0.4, -0.2) is 76.7 Å². The number of carbonyl (C=O) groups is 3. The molecule has 0 spiro atoms. The van der Waals surface area contributed by atoms with E-state index in [1.165, 1.54) is 0 Å². The van der Waals surface area contributed by atoms with Crippen molar-refractivity contribution in [2.45, 2.75) is 25.7 Å². The molecule has 2 aliphatic heterocycles. The summed E-state index contributed by atoms with van der Waals surface area (Å²) < 4.78 is 5.75. The second-order valence-electron chi connectivity index (χ2n) is 7.77. The summed E-state index contributed by atoms with van der Waals surface area (Å²) in [6.45, 7) is 2.91. The molecule has 2 aliphatic rings. The molecule has 3 amide bonds. The van der Waals surface area contributed by atoms with Gasteiger partial charge in [-0.15, -0.1) is 0 Å². The molecule has 164 valence electrons. The third kappa shape index (κ3) is 4.90. The normalized spacial score (nSPS) is 16.6. The molecule has 1 aromatic heterocycles. The minimum atomic E-state index is -0.458. The maximum Gasteiger partial charge on any atom is 0.312 e. The summed E-state index contributed by atoms with van der Waals surface area (Å²) in [4.78, 5) is 46.4. The topological polar surface area (TPSA) is 87.0 Å². The number of carbonyl (C=O) groups excluding carboxylic acids is 3. The van der Waals surface area contributed by atoms with Gasteiger partial charge in [-0.2, -0.15) is 0 Å². The Labute approximate surface area is 185 Å². The van der Waals surface area contributed by atoms with Gasteiger partial charge in [0.15, 0.2) is 11.7 Å². The number of piperazine rings is 1. The van der Waals surface area contributed by atoms with Gasteiger partial charge in [0.2, 0.25) is 5.91 Å². The van der Waals surface area contributed by atoms with E-state index in [0.717, 1.165) is 18.4 Å². The molecule has 31 heavy (non-hydrogen) atoms. The van der Waals surface area contributed by atoms with E-state index in [1.807, 2.05) is 18.2 Å². The zero-order valence-electron chi connectivity index (χ0n) is 17.3. The van der Waals surface area contributed by atoms with Gasteiger partial charge in [-0.1, -0.05) is 23.7 Å². The fourth-order valence-electron chi connectivity index (χ4n) is 3.93. The first-order chi connectivity index (χ1) is 15.0. The summed E-state index contributed by atoms with van der Waals surface area (Å²) in [7, 11) is 0. The maximum atomic E-state index is 12.6. The fraction of sp³-hybridized carbons (Fsp3) is 0.455. The third-order valence-corrected chi connectivity index (χ3v) is 6.07. The minimum Gasteiger partial charge on any atom is -0.441 e. The number of benzene rings is 1. The molecular formula is C22H25ClN4O4. The van der Waals surface area contributed by atoms with Crippen molar-refractivity contribution in [2.24, 2.45) is 0 Å². The van der Waals surface area contributed by atoms with Crippen LogP contribution in [0.3, 0.4) is 0 Å². The number of hydrogen-bond donors (Lipinski definition) is 0. The Morgan fingerprint density at radius 1 is 0.903 bits per heavy atom. The van der Waals surface area contributed by atoms with Gasteiger partial charge in [-0.3, -0.25) is 14.4 Å². The Morgan fingerprint density at radius 2 is 1.52 bits per heavy atom. The van der Waals surface area contributed by atoms with Crippen LogP contribution in [0.25, 0.3) is 11.3 Å². The summed E-state index contributed by atoms with van der Waals surface area (Å²) in [5, 5.41) is 0.580. The van der Waals surface area contributed by atoms with Crippen molar-refractivity contribution < 1.29 is 18.8 Å². The average molecular weight is 445 g/mol. The fourth-order valence-corrected chi connectivity index (χ4v) is 4.16. The first kappa shape index (κ1) is 21.4. The summed E-state index contributed by atoms with van der Waals surface area (Å²) >= 11 is 6.19. The molecule has 9 heteroatoms. The van der Waals surface area contributed by atoms with Crippen molar-refractivity contribution >= 4 is 29.3 Å².